The summed E-state index contributed by atoms with van der Waals surface area (Å²) in [5, 5.41) is 22.3. The van der Waals surface area contributed by atoms with Crippen LogP contribution >= 0.6 is 11.8 Å². The first-order valence-electron chi connectivity index (χ1n) is 7.60. The van der Waals surface area contributed by atoms with E-state index < -0.39 is 10.8 Å². The molecule has 0 fully saturated rings. The molecule has 1 aromatic carbocycles. The van der Waals surface area contributed by atoms with Crippen molar-refractivity contribution in [3.63, 3.8) is 0 Å². The summed E-state index contributed by atoms with van der Waals surface area (Å²) < 4.78 is 6.89. The summed E-state index contributed by atoms with van der Waals surface area (Å²) in [7, 11) is 1.74. The molecule has 0 unspecified atom stereocenters. The van der Waals surface area contributed by atoms with Gasteiger partial charge in [0.2, 0.25) is 0 Å². The van der Waals surface area contributed by atoms with Crippen molar-refractivity contribution in [3.8, 4) is 0 Å². The average Bonchev–Trinajstić information content (AvgIpc) is 3.27. The number of carbonyl (C=O) groups excluding carboxylic acids is 1. The van der Waals surface area contributed by atoms with Crippen LogP contribution in [0.1, 0.15) is 29.1 Å². The van der Waals surface area contributed by atoms with Crippen molar-refractivity contribution in [2.45, 2.75) is 23.0 Å². The van der Waals surface area contributed by atoms with E-state index in [1.165, 1.54) is 30.8 Å². The minimum Gasteiger partial charge on any atom is -0.467 e. The Morgan fingerprint density at radius 2 is 2.23 bits per heavy atom. The van der Waals surface area contributed by atoms with Crippen molar-refractivity contribution in [2.75, 3.05) is 0 Å². The van der Waals surface area contributed by atoms with Crippen LogP contribution in [0.2, 0.25) is 0 Å². The Morgan fingerprint density at radius 1 is 1.42 bits per heavy atom. The van der Waals surface area contributed by atoms with Gasteiger partial charge in [-0.25, -0.2) is 0 Å². The van der Waals surface area contributed by atoms with Crippen LogP contribution in [0.3, 0.4) is 0 Å². The monoisotopic (exact) mass is 373 g/mol. The number of nitrogens with zero attached hydrogens (tertiary/aromatic N) is 4. The van der Waals surface area contributed by atoms with E-state index >= 15 is 0 Å². The van der Waals surface area contributed by atoms with Gasteiger partial charge in [0, 0.05) is 18.7 Å². The topological polar surface area (TPSA) is 116 Å². The molecule has 9 nitrogen and oxygen atoms in total. The van der Waals surface area contributed by atoms with Gasteiger partial charge in [-0.2, -0.15) is 0 Å². The van der Waals surface area contributed by atoms with Crippen molar-refractivity contribution >= 4 is 23.4 Å². The molecule has 26 heavy (non-hydrogen) atoms. The normalized spacial score (nSPS) is 11.9. The zero-order valence-electron chi connectivity index (χ0n) is 13.9. The van der Waals surface area contributed by atoms with Crippen LogP contribution < -0.4 is 5.32 Å². The molecule has 0 aliphatic carbocycles. The Kier molecular flexibility index (Phi) is 5.03. The fourth-order valence-electron chi connectivity index (χ4n) is 2.24. The molecule has 2 aromatic heterocycles. The van der Waals surface area contributed by atoms with Crippen molar-refractivity contribution in [3.05, 3.63) is 64.4 Å². The minimum atomic E-state index is -0.522. The molecule has 1 amide bonds. The Labute approximate surface area is 152 Å². The van der Waals surface area contributed by atoms with E-state index in [1.807, 2.05) is 0 Å². The van der Waals surface area contributed by atoms with Crippen LogP contribution in [0.4, 0.5) is 5.69 Å². The molecule has 2 heterocycles. The summed E-state index contributed by atoms with van der Waals surface area (Å²) in [6.07, 6.45) is 3.02. The summed E-state index contributed by atoms with van der Waals surface area (Å²) in [5.74, 6) is 0.175. The summed E-state index contributed by atoms with van der Waals surface area (Å²) in [4.78, 5) is 23.7. The molecule has 3 rings (SSSR count). The highest BCUT2D eigenvalue weighted by Gasteiger charge is 2.21. The molecule has 0 aliphatic heterocycles. The van der Waals surface area contributed by atoms with Crippen molar-refractivity contribution in [1.82, 2.24) is 20.1 Å². The van der Waals surface area contributed by atoms with Gasteiger partial charge in [-0.3, -0.25) is 14.9 Å². The number of benzene rings is 1. The number of aromatic nitrogens is 3. The molecule has 0 bridgehead atoms. The second-order valence-corrected chi connectivity index (χ2v) is 6.49. The Hall–Kier alpha value is -3.14. The molecular formula is C16H15N5O4S. The number of aryl methyl sites for hydroxylation is 1. The van der Waals surface area contributed by atoms with Crippen LogP contribution in [-0.2, 0) is 7.05 Å². The zero-order chi connectivity index (χ0) is 18.7. The summed E-state index contributed by atoms with van der Waals surface area (Å²) in [5.41, 5.74) is 0.0220. The lowest BCUT2D eigenvalue weighted by atomic mass is 10.1. The average molecular weight is 373 g/mol. The molecule has 134 valence electrons. The molecule has 1 N–H and O–H groups in total. The Balaban J connectivity index is 1.82. The van der Waals surface area contributed by atoms with E-state index in [1.54, 1.807) is 30.7 Å². The van der Waals surface area contributed by atoms with Gasteiger partial charge in [0.05, 0.1) is 22.1 Å². The van der Waals surface area contributed by atoms with Gasteiger partial charge in [-0.05, 0) is 43.0 Å². The molecule has 0 saturated carbocycles. The van der Waals surface area contributed by atoms with Gasteiger partial charge in [0.1, 0.15) is 12.1 Å². The highest BCUT2D eigenvalue weighted by Crippen LogP contribution is 2.34. The maximum absolute atomic E-state index is 12.4. The van der Waals surface area contributed by atoms with Crippen LogP contribution in [0, 0.1) is 10.1 Å². The van der Waals surface area contributed by atoms with Gasteiger partial charge in [0.15, 0.2) is 5.16 Å². The Morgan fingerprint density at radius 3 is 2.85 bits per heavy atom. The predicted octanol–water partition coefficient (Wildman–Crippen LogP) is 2.96. The highest BCUT2D eigenvalue weighted by molar-refractivity contribution is 7.99. The second-order valence-electron chi connectivity index (χ2n) is 5.48. The van der Waals surface area contributed by atoms with E-state index in [4.69, 9.17) is 4.42 Å². The number of hydrogen-bond donors (Lipinski definition) is 1. The molecule has 0 radical (unpaired) electrons. The third-order valence-electron chi connectivity index (χ3n) is 3.61. The number of nitro groups is 1. The zero-order valence-corrected chi connectivity index (χ0v) is 14.8. The van der Waals surface area contributed by atoms with E-state index in [2.05, 4.69) is 15.5 Å². The van der Waals surface area contributed by atoms with Crippen molar-refractivity contribution in [1.29, 1.82) is 0 Å². The number of carbonyl (C=O) groups is 1. The van der Waals surface area contributed by atoms with Crippen molar-refractivity contribution < 1.29 is 14.1 Å². The maximum Gasteiger partial charge on any atom is 0.284 e. The second kappa shape index (κ2) is 7.40. The standard InChI is InChI=1S/C16H15N5O4S/c1-10(13-4-3-7-25-13)18-15(22)11-5-6-14(12(8-11)21(23)24)26-16-19-17-9-20(16)2/h3-10H,1-2H3,(H,18,22)/t10-/m1/s1. The predicted molar refractivity (Wildman–Crippen MR) is 92.8 cm³/mol. The fraction of sp³-hybridized carbons (Fsp3) is 0.188. The number of nitrogens with one attached hydrogen (secondary N) is 1. The number of nitro benzene ring substituents is 1. The quantitative estimate of drug-likeness (QED) is 0.521. The largest absolute Gasteiger partial charge is 0.467 e. The first kappa shape index (κ1) is 17.7. The molecule has 0 saturated heterocycles. The smallest absolute Gasteiger partial charge is 0.284 e. The molecule has 10 heteroatoms. The van der Waals surface area contributed by atoms with Gasteiger partial charge < -0.3 is 14.3 Å². The van der Waals surface area contributed by atoms with E-state index in [0.29, 0.717) is 15.8 Å². The third-order valence-corrected chi connectivity index (χ3v) is 4.72. The first-order chi connectivity index (χ1) is 12.5. The van der Waals surface area contributed by atoms with Crippen LogP contribution in [0.5, 0.6) is 0 Å². The van der Waals surface area contributed by atoms with E-state index in [0.717, 1.165) is 11.8 Å². The lowest BCUT2D eigenvalue weighted by Crippen LogP contribution is -2.26. The number of amides is 1. The number of hydrogen-bond acceptors (Lipinski definition) is 7. The van der Waals surface area contributed by atoms with Gasteiger partial charge in [0.25, 0.3) is 11.6 Å². The summed E-state index contributed by atoms with van der Waals surface area (Å²) in [6, 6.07) is 7.43. The number of furan rings is 1. The van der Waals surface area contributed by atoms with Gasteiger partial charge in [-0.15, -0.1) is 10.2 Å². The summed E-state index contributed by atoms with van der Waals surface area (Å²) >= 11 is 1.11. The van der Waals surface area contributed by atoms with Crippen LogP contribution in [0.15, 0.2) is 57.4 Å². The van der Waals surface area contributed by atoms with E-state index in [-0.39, 0.29) is 17.3 Å². The molecule has 1 atom stereocenters. The van der Waals surface area contributed by atoms with E-state index in [9.17, 15) is 14.9 Å². The Bertz CT molecular complexity index is 938. The fourth-order valence-corrected chi connectivity index (χ4v) is 3.09. The highest BCUT2D eigenvalue weighted by atomic mass is 32.2. The SMILES string of the molecule is C[C@@H](NC(=O)c1ccc(Sc2nncn2C)c([N+](=O)[O-])c1)c1ccco1. The molecule has 0 aliphatic rings. The summed E-state index contributed by atoms with van der Waals surface area (Å²) in [6.45, 7) is 1.77. The minimum absolute atomic E-state index is 0.170. The molecule has 3 aromatic rings. The third kappa shape index (κ3) is 3.75. The molecule has 0 spiro atoms. The maximum atomic E-state index is 12.4. The van der Waals surface area contributed by atoms with Crippen molar-refractivity contribution in [2.24, 2.45) is 7.05 Å². The molecular weight excluding hydrogens is 358 g/mol. The lowest BCUT2D eigenvalue weighted by Gasteiger charge is -2.12. The number of rotatable bonds is 6. The van der Waals surface area contributed by atoms with Gasteiger partial charge >= 0.3 is 0 Å². The lowest BCUT2D eigenvalue weighted by molar-refractivity contribution is -0.387. The van der Waals surface area contributed by atoms with Gasteiger partial charge in [-0.1, -0.05) is 0 Å². The first-order valence-corrected chi connectivity index (χ1v) is 8.42. The van der Waals surface area contributed by atoms with Crippen LogP contribution in [-0.4, -0.2) is 25.6 Å². The van der Waals surface area contributed by atoms with Crippen LogP contribution in [0.25, 0.3) is 0 Å².